The molecule has 7 heteroatoms. The second-order valence-electron chi connectivity index (χ2n) is 7.95. The van der Waals surface area contributed by atoms with Crippen LogP contribution in [0.3, 0.4) is 0 Å². The van der Waals surface area contributed by atoms with Crippen LogP contribution in [0.15, 0.2) is 36.9 Å². The molecule has 1 saturated carbocycles. The lowest BCUT2D eigenvalue weighted by Gasteiger charge is -2.24. The minimum Gasteiger partial charge on any atom is -0.309 e. The Balaban J connectivity index is 1.61. The zero-order valence-corrected chi connectivity index (χ0v) is 16.0. The van der Waals surface area contributed by atoms with Crippen LogP contribution in [0.4, 0.5) is 5.69 Å². The van der Waals surface area contributed by atoms with Crippen molar-refractivity contribution in [1.29, 1.82) is 5.26 Å². The van der Waals surface area contributed by atoms with Crippen LogP contribution in [0, 0.1) is 28.6 Å². The third-order valence-electron chi connectivity index (χ3n) is 6.36. The molecule has 28 heavy (non-hydrogen) atoms. The van der Waals surface area contributed by atoms with Gasteiger partial charge in [-0.05, 0) is 37.3 Å². The number of hydrogen-bond donors (Lipinski definition) is 0. The molecule has 1 saturated heterocycles. The number of carbonyl (C=O) groups is 1. The Morgan fingerprint density at radius 2 is 2.11 bits per heavy atom. The molecule has 0 bridgehead atoms. The van der Waals surface area contributed by atoms with E-state index in [1.54, 1.807) is 15.4 Å². The van der Waals surface area contributed by atoms with Gasteiger partial charge in [-0.15, -0.1) is 0 Å². The molecule has 2 fully saturated rings. The fourth-order valence-electron chi connectivity index (χ4n) is 4.74. The highest BCUT2D eigenvalue weighted by Gasteiger charge is 2.61. The van der Waals surface area contributed by atoms with Crippen molar-refractivity contribution in [3.63, 3.8) is 0 Å². The highest BCUT2D eigenvalue weighted by Crippen LogP contribution is 2.55. The Hall–Kier alpha value is -3.14. The lowest BCUT2D eigenvalue weighted by molar-refractivity contribution is -0.125. The van der Waals surface area contributed by atoms with Crippen LogP contribution in [0.25, 0.3) is 16.6 Å². The number of aryl methyl sites for hydroxylation is 1. The first kappa shape index (κ1) is 17.0. The van der Waals surface area contributed by atoms with E-state index >= 15 is 0 Å². The van der Waals surface area contributed by atoms with Crippen molar-refractivity contribution < 1.29 is 4.79 Å². The summed E-state index contributed by atoms with van der Waals surface area (Å²) in [6.45, 7) is 2.67. The van der Waals surface area contributed by atoms with Crippen molar-refractivity contribution in [2.24, 2.45) is 24.3 Å². The molecule has 1 aliphatic carbocycles. The number of hydrogen-bond acceptors (Lipinski definition) is 4. The SMILES string of the molecule is CC[C@@H]1CN(c2ccnn3cc(-c4cnn(C)c4)cc23)C(=O)[C@@]1(C#N)C1CC1. The predicted molar refractivity (Wildman–Crippen MR) is 104 cm³/mol. The maximum absolute atomic E-state index is 13.5. The first-order chi connectivity index (χ1) is 13.6. The summed E-state index contributed by atoms with van der Waals surface area (Å²) in [7, 11) is 1.89. The van der Waals surface area contributed by atoms with Crippen LogP contribution in [-0.4, -0.2) is 31.8 Å². The van der Waals surface area contributed by atoms with Gasteiger partial charge >= 0.3 is 0 Å². The van der Waals surface area contributed by atoms with Crippen molar-refractivity contribution in [2.75, 3.05) is 11.4 Å². The largest absolute Gasteiger partial charge is 0.309 e. The van der Waals surface area contributed by atoms with E-state index in [1.165, 1.54) is 0 Å². The van der Waals surface area contributed by atoms with Gasteiger partial charge in [0.1, 0.15) is 5.41 Å². The lowest BCUT2D eigenvalue weighted by atomic mass is 9.73. The molecule has 4 heterocycles. The Morgan fingerprint density at radius 3 is 2.75 bits per heavy atom. The molecule has 142 valence electrons. The second kappa shape index (κ2) is 5.93. The fraction of sp³-hybridized carbons (Fsp3) is 0.429. The number of rotatable bonds is 4. The zero-order valence-electron chi connectivity index (χ0n) is 16.0. The molecule has 7 nitrogen and oxygen atoms in total. The summed E-state index contributed by atoms with van der Waals surface area (Å²) in [5.41, 5.74) is 2.83. The van der Waals surface area contributed by atoms with Crippen molar-refractivity contribution in [2.45, 2.75) is 26.2 Å². The summed E-state index contributed by atoms with van der Waals surface area (Å²) in [6.07, 6.45) is 10.2. The predicted octanol–water partition coefficient (Wildman–Crippen LogP) is 3.03. The third-order valence-corrected chi connectivity index (χ3v) is 6.36. The van der Waals surface area contributed by atoms with E-state index < -0.39 is 5.41 Å². The van der Waals surface area contributed by atoms with E-state index in [9.17, 15) is 10.1 Å². The normalized spacial score (nSPS) is 24.8. The average Bonchev–Trinajstić information content (AvgIpc) is 3.19. The van der Waals surface area contributed by atoms with Crippen LogP contribution in [0.5, 0.6) is 0 Å². The summed E-state index contributed by atoms with van der Waals surface area (Å²) < 4.78 is 3.56. The second-order valence-corrected chi connectivity index (χ2v) is 7.95. The molecular weight excluding hydrogens is 352 g/mol. The summed E-state index contributed by atoms with van der Waals surface area (Å²) >= 11 is 0. The first-order valence-electron chi connectivity index (χ1n) is 9.78. The number of anilines is 1. The van der Waals surface area contributed by atoms with Gasteiger partial charge in [0.15, 0.2) is 0 Å². The molecule has 0 aromatic carbocycles. The summed E-state index contributed by atoms with van der Waals surface area (Å²) in [6, 6.07) is 6.37. The molecular formula is C21H22N6O. The van der Waals surface area contributed by atoms with Gasteiger partial charge in [-0.3, -0.25) is 9.48 Å². The molecule has 0 N–H and O–H groups in total. The number of nitrogens with zero attached hydrogens (tertiary/aromatic N) is 6. The number of nitriles is 1. The highest BCUT2D eigenvalue weighted by atomic mass is 16.2. The van der Waals surface area contributed by atoms with E-state index in [-0.39, 0.29) is 17.7 Å². The molecule has 0 unspecified atom stereocenters. The summed E-state index contributed by atoms with van der Waals surface area (Å²) in [5.74, 6) is 0.232. The van der Waals surface area contributed by atoms with E-state index in [4.69, 9.17) is 0 Å². The van der Waals surface area contributed by atoms with Crippen LogP contribution >= 0.6 is 0 Å². The van der Waals surface area contributed by atoms with Crippen LogP contribution in [-0.2, 0) is 11.8 Å². The van der Waals surface area contributed by atoms with Crippen LogP contribution in [0.2, 0.25) is 0 Å². The molecule has 0 spiro atoms. The van der Waals surface area contributed by atoms with Crippen LogP contribution in [0.1, 0.15) is 26.2 Å². The standard InChI is InChI=1S/C21H22N6O/c1-3-16-12-26(20(28)21(16,13-22)17-4-5-17)18-6-7-23-27-11-14(8-19(18)27)15-9-24-25(2)10-15/h6-11,16-17H,3-5,12H2,1-2H3/t16-,21-/m1/s1. The first-order valence-corrected chi connectivity index (χ1v) is 9.78. The molecule has 2 aliphatic rings. The lowest BCUT2D eigenvalue weighted by Crippen LogP contribution is -2.37. The maximum Gasteiger partial charge on any atom is 0.248 e. The third kappa shape index (κ3) is 2.24. The van der Waals surface area contributed by atoms with Crippen molar-refractivity contribution >= 4 is 17.1 Å². The van der Waals surface area contributed by atoms with Gasteiger partial charge in [0, 0.05) is 49.2 Å². The van der Waals surface area contributed by atoms with Crippen molar-refractivity contribution in [1.82, 2.24) is 19.4 Å². The van der Waals surface area contributed by atoms with Gasteiger partial charge in [0.05, 0.1) is 23.5 Å². The monoisotopic (exact) mass is 374 g/mol. The Bertz CT molecular complexity index is 1120. The van der Waals surface area contributed by atoms with Gasteiger partial charge < -0.3 is 4.90 Å². The van der Waals surface area contributed by atoms with Crippen molar-refractivity contribution in [3.8, 4) is 17.2 Å². The van der Waals surface area contributed by atoms with Gasteiger partial charge in [-0.25, -0.2) is 4.52 Å². The molecule has 2 atom stereocenters. The van der Waals surface area contributed by atoms with E-state index in [0.29, 0.717) is 6.54 Å². The average molecular weight is 374 g/mol. The number of aromatic nitrogens is 4. The zero-order chi connectivity index (χ0) is 19.5. The fourth-order valence-corrected chi connectivity index (χ4v) is 4.74. The molecule has 0 radical (unpaired) electrons. The van der Waals surface area contributed by atoms with Gasteiger partial charge in [-0.2, -0.15) is 15.5 Å². The number of amides is 1. The quantitative estimate of drug-likeness (QED) is 0.703. The minimum atomic E-state index is -0.867. The molecule has 3 aromatic rings. The van der Waals surface area contributed by atoms with Gasteiger partial charge in [0.2, 0.25) is 5.91 Å². The van der Waals surface area contributed by atoms with E-state index in [0.717, 1.165) is 41.6 Å². The Kier molecular flexibility index (Phi) is 3.60. The Labute approximate surface area is 163 Å². The molecule has 3 aromatic heterocycles. The maximum atomic E-state index is 13.5. The van der Waals surface area contributed by atoms with Crippen LogP contribution < -0.4 is 4.90 Å². The summed E-state index contributed by atoms with van der Waals surface area (Å²) in [5, 5.41) is 18.7. The van der Waals surface area contributed by atoms with Crippen molar-refractivity contribution in [3.05, 3.63) is 36.9 Å². The minimum absolute atomic E-state index is 0.0402. The summed E-state index contributed by atoms with van der Waals surface area (Å²) in [4.78, 5) is 15.3. The topological polar surface area (TPSA) is 79.2 Å². The molecule has 5 rings (SSSR count). The van der Waals surface area contributed by atoms with Gasteiger partial charge in [0.25, 0.3) is 0 Å². The highest BCUT2D eigenvalue weighted by molar-refractivity contribution is 6.05. The van der Waals surface area contributed by atoms with E-state index in [2.05, 4.69) is 23.2 Å². The van der Waals surface area contributed by atoms with E-state index in [1.807, 2.05) is 42.7 Å². The Morgan fingerprint density at radius 1 is 1.29 bits per heavy atom. The molecule has 1 amide bonds. The molecule has 1 aliphatic heterocycles. The smallest absolute Gasteiger partial charge is 0.248 e. The number of fused-ring (bicyclic) bond motifs is 1. The number of carbonyl (C=O) groups excluding carboxylic acids is 1. The van der Waals surface area contributed by atoms with Gasteiger partial charge in [-0.1, -0.05) is 6.92 Å².